The Bertz CT molecular complexity index is 1010. The standard InChI is InChI=1S/C20H18O6/c1-20(2,3)26-14-11-7-10-13-15(14)16(21)17(19(23)24-13)25-18(22)12-8-5-4-6-9-12/h4-11,21H,1-3H3. The number of esters is 1. The molecule has 0 spiro atoms. The summed E-state index contributed by atoms with van der Waals surface area (Å²) in [4.78, 5) is 24.4. The quantitative estimate of drug-likeness (QED) is 0.567. The Kier molecular flexibility index (Phi) is 4.42. The molecule has 6 nitrogen and oxygen atoms in total. The van der Waals surface area contributed by atoms with E-state index in [1.54, 1.807) is 30.3 Å². The third-order valence-electron chi connectivity index (χ3n) is 3.45. The van der Waals surface area contributed by atoms with Crippen LogP contribution in [0.3, 0.4) is 0 Å². The molecule has 0 aliphatic heterocycles. The van der Waals surface area contributed by atoms with Gasteiger partial charge in [-0.1, -0.05) is 24.3 Å². The Morgan fingerprint density at radius 3 is 2.38 bits per heavy atom. The summed E-state index contributed by atoms with van der Waals surface area (Å²) in [6, 6.07) is 12.9. The molecular formula is C20H18O6. The average molecular weight is 354 g/mol. The van der Waals surface area contributed by atoms with Crippen molar-refractivity contribution in [1.29, 1.82) is 0 Å². The molecule has 3 rings (SSSR count). The minimum atomic E-state index is -0.952. The summed E-state index contributed by atoms with van der Waals surface area (Å²) in [5.74, 6) is -1.54. The molecule has 1 N–H and O–H groups in total. The van der Waals surface area contributed by atoms with Gasteiger partial charge in [-0.15, -0.1) is 0 Å². The first-order valence-corrected chi connectivity index (χ1v) is 8.01. The average Bonchev–Trinajstić information content (AvgIpc) is 2.57. The van der Waals surface area contributed by atoms with Crippen molar-refractivity contribution in [3.8, 4) is 17.2 Å². The van der Waals surface area contributed by atoms with Gasteiger partial charge >= 0.3 is 11.6 Å². The zero-order valence-electron chi connectivity index (χ0n) is 14.6. The summed E-state index contributed by atoms with van der Waals surface area (Å²) in [5, 5.41) is 10.8. The predicted octanol–water partition coefficient (Wildman–Crippen LogP) is 3.90. The molecule has 0 fully saturated rings. The van der Waals surface area contributed by atoms with Crippen LogP contribution in [-0.4, -0.2) is 16.7 Å². The number of hydrogen-bond donors (Lipinski definition) is 1. The zero-order chi connectivity index (χ0) is 18.9. The summed E-state index contributed by atoms with van der Waals surface area (Å²) in [7, 11) is 0. The highest BCUT2D eigenvalue weighted by Gasteiger charge is 2.23. The summed E-state index contributed by atoms with van der Waals surface area (Å²) in [5.41, 5.74) is -1.12. The van der Waals surface area contributed by atoms with Gasteiger partial charge in [0, 0.05) is 0 Å². The molecule has 0 amide bonds. The Morgan fingerprint density at radius 1 is 1.04 bits per heavy atom. The van der Waals surface area contributed by atoms with Crippen molar-refractivity contribution in [1.82, 2.24) is 0 Å². The number of fused-ring (bicyclic) bond motifs is 1. The lowest BCUT2D eigenvalue weighted by Crippen LogP contribution is -2.23. The molecular weight excluding hydrogens is 336 g/mol. The Labute approximate surface area is 149 Å². The van der Waals surface area contributed by atoms with E-state index in [0.717, 1.165) is 0 Å². The van der Waals surface area contributed by atoms with Crippen molar-refractivity contribution in [2.24, 2.45) is 0 Å². The SMILES string of the molecule is CC(C)(C)Oc1cccc2oc(=O)c(OC(=O)c3ccccc3)c(O)c12. The molecule has 134 valence electrons. The summed E-state index contributed by atoms with van der Waals surface area (Å²) >= 11 is 0. The van der Waals surface area contributed by atoms with Gasteiger partial charge in [0.2, 0.25) is 0 Å². The smallest absolute Gasteiger partial charge is 0.383 e. The van der Waals surface area contributed by atoms with E-state index in [1.807, 2.05) is 20.8 Å². The molecule has 0 atom stereocenters. The van der Waals surface area contributed by atoms with Gasteiger partial charge in [-0.25, -0.2) is 9.59 Å². The maximum Gasteiger partial charge on any atom is 0.383 e. The first-order chi connectivity index (χ1) is 12.3. The van der Waals surface area contributed by atoms with Crippen LogP contribution in [0.4, 0.5) is 0 Å². The van der Waals surface area contributed by atoms with E-state index in [9.17, 15) is 14.7 Å². The molecule has 3 aromatic rings. The monoisotopic (exact) mass is 354 g/mol. The molecule has 0 aliphatic carbocycles. The van der Waals surface area contributed by atoms with Gasteiger partial charge in [-0.2, -0.15) is 0 Å². The van der Waals surface area contributed by atoms with E-state index in [-0.39, 0.29) is 16.5 Å². The van der Waals surface area contributed by atoms with Crippen LogP contribution in [0.2, 0.25) is 0 Å². The van der Waals surface area contributed by atoms with Crippen molar-refractivity contribution >= 4 is 16.9 Å². The predicted molar refractivity (Wildman–Crippen MR) is 95.9 cm³/mol. The second-order valence-corrected chi connectivity index (χ2v) is 6.67. The van der Waals surface area contributed by atoms with Crippen molar-refractivity contribution in [2.75, 3.05) is 0 Å². The minimum Gasteiger partial charge on any atom is -0.503 e. The molecule has 0 unspecified atom stereocenters. The van der Waals surface area contributed by atoms with Crippen LogP contribution in [0, 0.1) is 0 Å². The van der Waals surface area contributed by atoms with Crippen molar-refractivity contribution in [2.45, 2.75) is 26.4 Å². The normalized spacial score (nSPS) is 11.3. The van der Waals surface area contributed by atoms with Gasteiger partial charge in [0.15, 0.2) is 5.75 Å². The highest BCUT2D eigenvalue weighted by molar-refractivity contribution is 5.94. The van der Waals surface area contributed by atoms with Gasteiger partial charge in [0.25, 0.3) is 5.75 Å². The highest BCUT2D eigenvalue weighted by atomic mass is 16.6. The number of rotatable bonds is 3. The Hall–Kier alpha value is -3.28. The summed E-state index contributed by atoms with van der Waals surface area (Å²) in [6.07, 6.45) is 0. The second kappa shape index (κ2) is 6.55. The largest absolute Gasteiger partial charge is 0.503 e. The van der Waals surface area contributed by atoms with E-state index in [2.05, 4.69) is 0 Å². The van der Waals surface area contributed by atoms with Gasteiger partial charge < -0.3 is 19.0 Å². The second-order valence-electron chi connectivity index (χ2n) is 6.67. The Morgan fingerprint density at radius 2 is 1.73 bits per heavy atom. The van der Waals surface area contributed by atoms with Crippen LogP contribution < -0.4 is 15.1 Å². The highest BCUT2D eigenvalue weighted by Crippen LogP contribution is 2.39. The molecule has 0 bridgehead atoms. The molecule has 2 aromatic carbocycles. The van der Waals surface area contributed by atoms with Crippen molar-refractivity contribution in [3.63, 3.8) is 0 Å². The topological polar surface area (TPSA) is 86.0 Å². The Balaban J connectivity index is 2.10. The van der Waals surface area contributed by atoms with Crippen molar-refractivity contribution in [3.05, 3.63) is 64.5 Å². The number of aromatic hydroxyl groups is 1. The molecule has 1 heterocycles. The molecule has 26 heavy (non-hydrogen) atoms. The molecule has 1 aromatic heterocycles. The molecule has 0 radical (unpaired) electrons. The number of benzene rings is 2. The fourth-order valence-corrected chi connectivity index (χ4v) is 2.42. The van der Waals surface area contributed by atoms with Crippen molar-refractivity contribution < 1.29 is 23.8 Å². The lowest BCUT2D eigenvalue weighted by molar-refractivity contribution is 0.0723. The number of hydrogen-bond acceptors (Lipinski definition) is 6. The third-order valence-corrected chi connectivity index (χ3v) is 3.45. The molecule has 0 aliphatic rings. The number of carbonyl (C=O) groups is 1. The third kappa shape index (κ3) is 3.54. The van der Waals surface area contributed by atoms with Crippen LogP contribution in [0.1, 0.15) is 31.1 Å². The minimum absolute atomic E-state index is 0.133. The summed E-state index contributed by atoms with van der Waals surface area (Å²) < 4.78 is 16.1. The lowest BCUT2D eigenvalue weighted by atomic mass is 10.1. The molecule has 6 heteroatoms. The van der Waals surface area contributed by atoms with E-state index >= 15 is 0 Å². The summed E-state index contributed by atoms with van der Waals surface area (Å²) in [6.45, 7) is 5.54. The first-order valence-electron chi connectivity index (χ1n) is 8.01. The van der Waals surface area contributed by atoms with Gasteiger partial charge in [-0.05, 0) is 45.0 Å². The number of ether oxygens (including phenoxy) is 2. The molecule has 0 saturated carbocycles. The maximum absolute atomic E-state index is 12.2. The first kappa shape index (κ1) is 17.5. The van der Waals surface area contributed by atoms with Crippen LogP contribution in [0.15, 0.2) is 57.7 Å². The van der Waals surface area contributed by atoms with Crippen LogP contribution in [0.25, 0.3) is 11.0 Å². The fourth-order valence-electron chi connectivity index (χ4n) is 2.42. The van der Waals surface area contributed by atoms with Gasteiger partial charge in [0.05, 0.1) is 5.56 Å². The fraction of sp³-hybridized carbons (Fsp3) is 0.200. The van der Waals surface area contributed by atoms with Gasteiger partial charge in [-0.3, -0.25) is 0 Å². The van der Waals surface area contributed by atoms with E-state index in [1.165, 1.54) is 18.2 Å². The lowest BCUT2D eigenvalue weighted by Gasteiger charge is -2.22. The van der Waals surface area contributed by atoms with E-state index in [0.29, 0.717) is 5.75 Å². The van der Waals surface area contributed by atoms with E-state index in [4.69, 9.17) is 13.9 Å². The van der Waals surface area contributed by atoms with Crippen LogP contribution in [0.5, 0.6) is 17.2 Å². The maximum atomic E-state index is 12.2. The zero-order valence-corrected chi connectivity index (χ0v) is 14.6. The van der Waals surface area contributed by atoms with Crippen LogP contribution >= 0.6 is 0 Å². The molecule has 0 saturated heterocycles. The van der Waals surface area contributed by atoms with Gasteiger partial charge in [0.1, 0.15) is 22.3 Å². The number of carbonyl (C=O) groups excluding carboxylic acids is 1. The van der Waals surface area contributed by atoms with Crippen LogP contribution in [-0.2, 0) is 0 Å². The van der Waals surface area contributed by atoms with E-state index < -0.39 is 28.7 Å².